The molecule has 2 aromatic rings. The molecule has 0 saturated carbocycles. The van der Waals surface area contributed by atoms with Crippen LogP contribution >= 0.6 is 0 Å². The third-order valence-corrected chi connectivity index (χ3v) is 3.00. The zero-order valence-electron chi connectivity index (χ0n) is 10.8. The van der Waals surface area contributed by atoms with Crippen LogP contribution in [-0.4, -0.2) is 9.91 Å². The fourth-order valence-corrected chi connectivity index (χ4v) is 1.89. The van der Waals surface area contributed by atoms with Gasteiger partial charge in [-0.1, -0.05) is 12.1 Å². The van der Waals surface area contributed by atoms with Crippen molar-refractivity contribution in [3.63, 3.8) is 0 Å². The van der Waals surface area contributed by atoms with Crippen LogP contribution in [0.25, 0.3) is 0 Å². The highest BCUT2D eigenvalue weighted by Gasteiger charge is 2.13. The monoisotopic (exact) mass is 268 g/mol. The highest BCUT2D eigenvalue weighted by molar-refractivity contribution is 5.54. The van der Waals surface area contributed by atoms with Crippen molar-refractivity contribution in [3.05, 3.63) is 63.5 Å². The van der Waals surface area contributed by atoms with Gasteiger partial charge in [0.05, 0.1) is 10.6 Å². The van der Waals surface area contributed by atoms with Crippen LogP contribution in [0.1, 0.15) is 16.8 Å². The molecule has 6 heteroatoms. The third kappa shape index (κ3) is 2.72. The second kappa shape index (κ2) is 5.80. The van der Waals surface area contributed by atoms with Crippen molar-refractivity contribution < 1.29 is 4.92 Å². The Morgan fingerprint density at radius 1 is 1.40 bits per heavy atom. The van der Waals surface area contributed by atoms with Gasteiger partial charge in [0.25, 0.3) is 5.69 Å². The molecule has 20 heavy (non-hydrogen) atoms. The molecule has 0 aliphatic heterocycles. The average Bonchev–Trinajstić information content (AvgIpc) is 2.46. The zero-order valence-corrected chi connectivity index (χ0v) is 10.8. The van der Waals surface area contributed by atoms with E-state index in [1.165, 1.54) is 6.07 Å². The van der Waals surface area contributed by atoms with Crippen LogP contribution in [0.2, 0.25) is 0 Å². The number of nitrogens with one attached hydrogen (secondary N) is 1. The summed E-state index contributed by atoms with van der Waals surface area (Å²) in [6.45, 7) is 2.11. The Morgan fingerprint density at radius 3 is 2.90 bits per heavy atom. The molecule has 100 valence electrons. The van der Waals surface area contributed by atoms with Crippen molar-refractivity contribution in [3.8, 4) is 6.07 Å². The summed E-state index contributed by atoms with van der Waals surface area (Å²) in [7, 11) is 0. The van der Waals surface area contributed by atoms with E-state index in [2.05, 4.69) is 10.3 Å². The maximum atomic E-state index is 10.9. The quantitative estimate of drug-likeness (QED) is 0.680. The van der Waals surface area contributed by atoms with Gasteiger partial charge >= 0.3 is 0 Å². The molecule has 1 N–H and O–H groups in total. The molecular weight excluding hydrogens is 256 g/mol. The lowest BCUT2D eigenvalue weighted by atomic mass is 10.1. The van der Waals surface area contributed by atoms with E-state index in [0.717, 1.165) is 5.56 Å². The molecule has 0 aliphatic rings. The summed E-state index contributed by atoms with van der Waals surface area (Å²) >= 11 is 0. The van der Waals surface area contributed by atoms with Gasteiger partial charge < -0.3 is 5.32 Å². The molecule has 0 bridgehead atoms. The maximum absolute atomic E-state index is 10.9. The van der Waals surface area contributed by atoms with Crippen molar-refractivity contribution in [1.82, 2.24) is 4.98 Å². The molecule has 1 aromatic heterocycles. The first-order valence-corrected chi connectivity index (χ1v) is 5.95. The lowest BCUT2D eigenvalue weighted by Gasteiger charge is -2.09. The third-order valence-electron chi connectivity index (χ3n) is 3.00. The van der Waals surface area contributed by atoms with Gasteiger partial charge in [0.2, 0.25) is 0 Å². The summed E-state index contributed by atoms with van der Waals surface area (Å²) in [4.78, 5) is 14.4. The Labute approximate surface area is 115 Å². The summed E-state index contributed by atoms with van der Waals surface area (Å²) in [5.74, 6) is 0. The zero-order chi connectivity index (χ0) is 14.5. The van der Waals surface area contributed by atoms with Crippen LogP contribution < -0.4 is 5.32 Å². The van der Waals surface area contributed by atoms with E-state index in [-0.39, 0.29) is 5.69 Å². The Bertz CT molecular complexity index is 692. The van der Waals surface area contributed by atoms with Crippen molar-refractivity contribution in [1.29, 1.82) is 5.26 Å². The Kier molecular flexibility index (Phi) is 3.91. The van der Waals surface area contributed by atoms with E-state index >= 15 is 0 Å². The topological polar surface area (TPSA) is 91.8 Å². The minimum absolute atomic E-state index is 0.0935. The van der Waals surface area contributed by atoms with Crippen LogP contribution in [-0.2, 0) is 6.54 Å². The first-order chi connectivity index (χ1) is 9.63. The van der Waals surface area contributed by atoms with Gasteiger partial charge in [-0.25, -0.2) is 4.98 Å². The molecular formula is C14H12N4O2. The number of hydrogen-bond donors (Lipinski definition) is 1. The smallest absolute Gasteiger partial charge is 0.272 e. The maximum Gasteiger partial charge on any atom is 0.272 e. The van der Waals surface area contributed by atoms with Crippen LogP contribution in [0.15, 0.2) is 36.5 Å². The van der Waals surface area contributed by atoms with Crippen molar-refractivity contribution in [2.24, 2.45) is 0 Å². The minimum Gasteiger partial charge on any atom is -0.379 e. The van der Waals surface area contributed by atoms with Crippen LogP contribution in [0.3, 0.4) is 0 Å². The molecule has 0 amide bonds. The Hall–Kier alpha value is -2.94. The van der Waals surface area contributed by atoms with E-state index in [9.17, 15) is 10.1 Å². The SMILES string of the molecule is Cc1c(CNc2cccnc2C#N)cccc1[N+](=O)[O-]. The van der Waals surface area contributed by atoms with E-state index in [1.54, 1.807) is 31.3 Å². The highest BCUT2D eigenvalue weighted by atomic mass is 16.6. The van der Waals surface area contributed by atoms with Crippen LogP contribution in [0, 0.1) is 28.4 Å². The summed E-state index contributed by atoms with van der Waals surface area (Å²) in [5, 5.41) is 22.9. The largest absolute Gasteiger partial charge is 0.379 e. The standard InChI is InChI=1S/C14H12N4O2/c1-10-11(4-2-6-14(10)18(19)20)9-17-12-5-3-7-16-13(12)8-15/h2-7,17H,9H2,1H3. The van der Waals surface area contributed by atoms with Crippen LogP contribution in [0.5, 0.6) is 0 Å². The summed E-state index contributed by atoms with van der Waals surface area (Å²) < 4.78 is 0. The minimum atomic E-state index is -0.399. The molecule has 0 fully saturated rings. The fourth-order valence-electron chi connectivity index (χ4n) is 1.89. The van der Waals surface area contributed by atoms with Gasteiger partial charge in [-0.3, -0.25) is 10.1 Å². The molecule has 0 atom stereocenters. The number of pyridine rings is 1. The second-order valence-corrected chi connectivity index (χ2v) is 4.18. The normalized spacial score (nSPS) is 9.80. The average molecular weight is 268 g/mol. The van der Waals surface area contributed by atoms with E-state index in [1.807, 2.05) is 12.1 Å². The number of benzene rings is 1. The van der Waals surface area contributed by atoms with E-state index in [4.69, 9.17) is 5.26 Å². The number of nitro benzene ring substituents is 1. The lowest BCUT2D eigenvalue weighted by molar-refractivity contribution is -0.385. The Balaban J connectivity index is 2.22. The molecule has 0 spiro atoms. The first-order valence-electron chi connectivity index (χ1n) is 5.95. The van der Waals surface area contributed by atoms with Gasteiger partial charge in [-0.15, -0.1) is 0 Å². The molecule has 0 unspecified atom stereocenters. The fraction of sp³-hybridized carbons (Fsp3) is 0.143. The van der Waals surface area contributed by atoms with Gasteiger partial charge in [0.15, 0.2) is 5.69 Å². The lowest BCUT2D eigenvalue weighted by Crippen LogP contribution is -2.05. The number of nitro groups is 1. The van der Waals surface area contributed by atoms with Gasteiger partial charge in [0, 0.05) is 24.4 Å². The molecule has 6 nitrogen and oxygen atoms in total. The molecule has 0 saturated heterocycles. The van der Waals surface area contributed by atoms with Crippen molar-refractivity contribution in [2.75, 3.05) is 5.32 Å². The summed E-state index contributed by atoms with van der Waals surface area (Å²) in [5.41, 5.74) is 2.44. The van der Waals surface area contributed by atoms with Crippen LogP contribution in [0.4, 0.5) is 11.4 Å². The number of nitriles is 1. The van der Waals surface area contributed by atoms with E-state index < -0.39 is 4.92 Å². The van der Waals surface area contributed by atoms with Crippen molar-refractivity contribution >= 4 is 11.4 Å². The second-order valence-electron chi connectivity index (χ2n) is 4.18. The number of hydrogen-bond acceptors (Lipinski definition) is 5. The highest BCUT2D eigenvalue weighted by Crippen LogP contribution is 2.22. The van der Waals surface area contributed by atoms with E-state index in [0.29, 0.717) is 23.5 Å². The summed E-state index contributed by atoms with van der Waals surface area (Å²) in [6, 6.07) is 10.4. The Morgan fingerprint density at radius 2 is 2.20 bits per heavy atom. The first kappa shape index (κ1) is 13.5. The summed E-state index contributed by atoms with van der Waals surface area (Å²) in [6.07, 6.45) is 1.54. The molecule has 1 aromatic carbocycles. The number of aromatic nitrogens is 1. The number of anilines is 1. The van der Waals surface area contributed by atoms with Gasteiger partial charge in [0.1, 0.15) is 6.07 Å². The molecule has 2 rings (SSSR count). The predicted octanol–water partition coefficient (Wildman–Crippen LogP) is 2.78. The molecule has 0 aliphatic carbocycles. The molecule has 1 heterocycles. The molecule has 0 radical (unpaired) electrons. The van der Waals surface area contributed by atoms with Gasteiger partial charge in [-0.05, 0) is 24.6 Å². The van der Waals surface area contributed by atoms with Crippen molar-refractivity contribution in [2.45, 2.75) is 13.5 Å². The number of rotatable bonds is 4. The van der Waals surface area contributed by atoms with Gasteiger partial charge in [-0.2, -0.15) is 5.26 Å². The predicted molar refractivity (Wildman–Crippen MR) is 74.1 cm³/mol. The number of nitrogens with zero attached hydrogens (tertiary/aromatic N) is 3.